The average molecular weight is 200 g/mol. The van der Waals surface area contributed by atoms with E-state index in [0.717, 1.165) is 19.3 Å². The number of hydrogen-bond acceptors (Lipinski definition) is 3. The fraction of sp³-hybridized carbons (Fsp3) is 0.600. The molecule has 1 aromatic heterocycles. The predicted molar refractivity (Wildman–Crippen MR) is 55.1 cm³/mol. The van der Waals surface area contributed by atoms with Gasteiger partial charge in [-0.05, 0) is 41.7 Å². The summed E-state index contributed by atoms with van der Waals surface area (Å²) < 4.78 is 10.2. The number of aryl methyl sites for hydroxylation is 1. The predicted octanol–water partition coefficient (Wildman–Crippen LogP) is 2.69. The Bertz CT molecular complexity index is 205. The Morgan fingerprint density at radius 3 is 2.69 bits per heavy atom. The van der Waals surface area contributed by atoms with Crippen LogP contribution in [0.4, 0.5) is 0 Å². The van der Waals surface area contributed by atoms with Gasteiger partial charge in [0.15, 0.2) is 6.29 Å². The molecule has 0 atom stereocenters. The van der Waals surface area contributed by atoms with Crippen LogP contribution in [0.2, 0.25) is 0 Å². The van der Waals surface area contributed by atoms with Gasteiger partial charge in [-0.15, -0.1) is 0 Å². The summed E-state index contributed by atoms with van der Waals surface area (Å²) in [6.45, 7) is 0. The van der Waals surface area contributed by atoms with Crippen molar-refractivity contribution in [2.75, 3.05) is 14.2 Å². The Kier molecular flexibility index (Phi) is 5.05. The number of methoxy groups -OCH3 is 2. The molecule has 3 heteroatoms. The van der Waals surface area contributed by atoms with Crippen LogP contribution in [0.15, 0.2) is 16.8 Å². The lowest BCUT2D eigenvalue weighted by molar-refractivity contribution is -0.106. The lowest BCUT2D eigenvalue weighted by atomic mass is 10.1. The van der Waals surface area contributed by atoms with E-state index in [4.69, 9.17) is 9.47 Å². The summed E-state index contributed by atoms with van der Waals surface area (Å²) in [6.07, 6.45) is 3.15. The van der Waals surface area contributed by atoms with Crippen molar-refractivity contribution in [3.05, 3.63) is 22.4 Å². The molecule has 74 valence electrons. The van der Waals surface area contributed by atoms with E-state index in [1.165, 1.54) is 5.56 Å². The summed E-state index contributed by atoms with van der Waals surface area (Å²) in [5.74, 6) is 0. The summed E-state index contributed by atoms with van der Waals surface area (Å²) in [5.41, 5.74) is 1.41. The first kappa shape index (κ1) is 10.7. The number of ether oxygens (including phenoxy) is 2. The van der Waals surface area contributed by atoms with E-state index in [-0.39, 0.29) is 6.29 Å². The van der Waals surface area contributed by atoms with Crippen LogP contribution in [0.25, 0.3) is 0 Å². The van der Waals surface area contributed by atoms with Gasteiger partial charge in [-0.1, -0.05) is 0 Å². The zero-order valence-electron chi connectivity index (χ0n) is 8.16. The molecule has 0 aliphatic heterocycles. The van der Waals surface area contributed by atoms with Crippen LogP contribution in [-0.2, 0) is 15.9 Å². The third-order valence-corrected chi connectivity index (χ3v) is 2.74. The Morgan fingerprint density at radius 1 is 1.38 bits per heavy atom. The smallest absolute Gasteiger partial charge is 0.156 e. The molecule has 0 fully saturated rings. The minimum atomic E-state index is -0.0429. The minimum absolute atomic E-state index is 0.0429. The highest BCUT2D eigenvalue weighted by atomic mass is 32.1. The van der Waals surface area contributed by atoms with Gasteiger partial charge in [-0.25, -0.2) is 0 Å². The first-order chi connectivity index (χ1) is 6.36. The second-order valence-corrected chi connectivity index (χ2v) is 3.70. The second kappa shape index (κ2) is 6.13. The summed E-state index contributed by atoms with van der Waals surface area (Å²) in [5, 5.41) is 4.30. The van der Waals surface area contributed by atoms with E-state index in [1.54, 1.807) is 25.6 Å². The van der Waals surface area contributed by atoms with Gasteiger partial charge in [0.05, 0.1) is 0 Å². The lowest BCUT2D eigenvalue weighted by Gasteiger charge is -2.12. The molecule has 0 unspecified atom stereocenters. The van der Waals surface area contributed by atoms with Crippen molar-refractivity contribution < 1.29 is 9.47 Å². The summed E-state index contributed by atoms with van der Waals surface area (Å²) in [7, 11) is 3.36. The molecule has 0 saturated carbocycles. The number of thiophene rings is 1. The van der Waals surface area contributed by atoms with Crippen LogP contribution >= 0.6 is 11.3 Å². The number of hydrogen-bond donors (Lipinski definition) is 0. The van der Waals surface area contributed by atoms with E-state index >= 15 is 0 Å². The molecule has 0 aliphatic carbocycles. The third kappa shape index (κ3) is 3.89. The normalized spacial score (nSPS) is 11.0. The summed E-state index contributed by atoms with van der Waals surface area (Å²) in [4.78, 5) is 0. The second-order valence-electron chi connectivity index (χ2n) is 2.92. The van der Waals surface area contributed by atoms with Crippen molar-refractivity contribution in [2.45, 2.75) is 25.6 Å². The zero-order valence-corrected chi connectivity index (χ0v) is 8.97. The van der Waals surface area contributed by atoms with Gasteiger partial charge in [0.25, 0.3) is 0 Å². The fourth-order valence-electron chi connectivity index (χ4n) is 1.24. The molecule has 0 aliphatic rings. The molecule has 0 bridgehead atoms. The molecule has 0 radical (unpaired) electrons. The van der Waals surface area contributed by atoms with Crippen LogP contribution in [0, 0.1) is 0 Å². The van der Waals surface area contributed by atoms with Gasteiger partial charge < -0.3 is 9.47 Å². The maximum atomic E-state index is 5.10. The van der Waals surface area contributed by atoms with E-state index < -0.39 is 0 Å². The van der Waals surface area contributed by atoms with Crippen LogP contribution in [0.1, 0.15) is 18.4 Å². The molecule has 1 aromatic rings. The fourth-order valence-corrected chi connectivity index (χ4v) is 1.94. The third-order valence-electron chi connectivity index (χ3n) is 2.01. The summed E-state index contributed by atoms with van der Waals surface area (Å²) in [6, 6.07) is 2.17. The highest BCUT2D eigenvalue weighted by molar-refractivity contribution is 7.07. The van der Waals surface area contributed by atoms with Crippen molar-refractivity contribution in [2.24, 2.45) is 0 Å². The molecule has 0 N–H and O–H groups in total. The monoisotopic (exact) mass is 200 g/mol. The van der Waals surface area contributed by atoms with Crippen LogP contribution in [0.3, 0.4) is 0 Å². The quantitative estimate of drug-likeness (QED) is 0.657. The highest BCUT2D eigenvalue weighted by Gasteiger charge is 2.04. The minimum Gasteiger partial charge on any atom is -0.356 e. The highest BCUT2D eigenvalue weighted by Crippen LogP contribution is 2.11. The largest absolute Gasteiger partial charge is 0.356 e. The Labute approximate surface area is 83.5 Å². The molecular weight excluding hydrogens is 184 g/mol. The van der Waals surface area contributed by atoms with Gasteiger partial charge in [0.1, 0.15) is 0 Å². The van der Waals surface area contributed by atoms with Crippen LogP contribution in [-0.4, -0.2) is 20.5 Å². The first-order valence-electron chi connectivity index (χ1n) is 4.43. The van der Waals surface area contributed by atoms with Crippen LogP contribution in [0.5, 0.6) is 0 Å². The molecule has 2 nitrogen and oxygen atoms in total. The maximum Gasteiger partial charge on any atom is 0.156 e. The Morgan fingerprint density at radius 2 is 2.15 bits per heavy atom. The van der Waals surface area contributed by atoms with E-state index in [1.807, 2.05) is 0 Å². The average Bonchev–Trinajstić information content (AvgIpc) is 2.65. The first-order valence-corrected chi connectivity index (χ1v) is 5.37. The molecule has 0 amide bonds. The van der Waals surface area contributed by atoms with Gasteiger partial charge in [0.2, 0.25) is 0 Å². The molecule has 0 saturated heterocycles. The zero-order chi connectivity index (χ0) is 9.52. The van der Waals surface area contributed by atoms with E-state index in [9.17, 15) is 0 Å². The standard InChI is InChI=1S/C10H16O2S/c1-11-10(12-2)5-3-4-9-6-7-13-8-9/h6-8,10H,3-5H2,1-2H3. The lowest BCUT2D eigenvalue weighted by Crippen LogP contribution is -2.12. The van der Waals surface area contributed by atoms with Crippen molar-refractivity contribution >= 4 is 11.3 Å². The van der Waals surface area contributed by atoms with Crippen molar-refractivity contribution in [3.8, 4) is 0 Å². The maximum absolute atomic E-state index is 5.10. The van der Waals surface area contributed by atoms with Crippen molar-refractivity contribution in [1.29, 1.82) is 0 Å². The van der Waals surface area contributed by atoms with Crippen molar-refractivity contribution in [1.82, 2.24) is 0 Å². The summed E-state index contributed by atoms with van der Waals surface area (Å²) >= 11 is 1.75. The number of rotatable bonds is 6. The SMILES string of the molecule is COC(CCCc1ccsc1)OC. The van der Waals surface area contributed by atoms with Crippen molar-refractivity contribution in [3.63, 3.8) is 0 Å². The molecule has 0 spiro atoms. The van der Waals surface area contributed by atoms with Gasteiger partial charge in [-0.3, -0.25) is 0 Å². The van der Waals surface area contributed by atoms with Gasteiger partial charge in [0, 0.05) is 14.2 Å². The van der Waals surface area contributed by atoms with E-state index in [0.29, 0.717) is 0 Å². The molecular formula is C10H16O2S. The van der Waals surface area contributed by atoms with Gasteiger partial charge in [-0.2, -0.15) is 11.3 Å². The van der Waals surface area contributed by atoms with Gasteiger partial charge >= 0.3 is 0 Å². The molecule has 1 rings (SSSR count). The Hall–Kier alpha value is -0.380. The van der Waals surface area contributed by atoms with E-state index in [2.05, 4.69) is 16.8 Å². The molecule has 0 aromatic carbocycles. The molecule has 13 heavy (non-hydrogen) atoms. The molecule has 1 heterocycles. The topological polar surface area (TPSA) is 18.5 Å². The Balaban J connectivity index is 2.13. The van der Waals surface area contributed by atoms with Crippen LogP contribution < -0.4 is 0 Å².